The van der Waals surface area contributed by atoms with E-state index in [-0.39, 0.29) is 16.6 Å². The van der Waals surface area contributed by atoms with Crippen molar-refractivity contribution in [3.63, 3.8) is 0 Å². The molecule has 1 heterocycles. The van der Waals surface area contributed by atoms with Crippen molar-refractivity contribution in [2.45, 2.75) is 52.6 Å². The van der Waals surface area contributed by atoms with E-state index < -0.39 is 35.5 Å². The molecule has 1 saturated heterocycles. The highest BCUT2D eigenvalue weighted by atomic mass is 79.9. The number of halogens is 5. The number of allylic oxidation sites excluding steroid dienone is 1. The summed E-state index contributed by atoms with van der Waals surface area (Å²) in [5.74, 6) is -1.09. The van der Waals surface area contributed by atoms with Crippen LogP contribution in [0.2, 0.25) is 5.02 Å². The largest absolute Gasteiger partial charge is 0.416 e. The number of anilines is 1. The quantitative estimate of drug-likeness (QED) is 0.111. The van der Waals surface area contributed by atoms with Crippen molar-refractivity contribution >= 4 is 58.1 Å². The molecule has 0 saturated carbocycles. The molecule has 2 amide bonds. The molecule has 8 nitrogen and oxygen atoms in total. The highest BCUT2D eigenvalue weighted by Gasteiger charge is 2.48. The van der Waals surface area contributed by atoms with E-state index in [1.165, 1.54) is 6.34 Å². The normalized spacial score (nSPS) is 21.3. The van der Waals surface area contributed by atoms with E-state index in [1.807, 2.05) is 20.8 Å². The molecule has 1 aliphatic heterocycles. The molecule has 1 aliphatic carbocycles. The highest BCUT2D eigenvalue weighted by molar-refractivity contribution is 9.09. The zero-order valence-electron chi connectivity index (χ0n) is 22.3. The lowest BCUT2D eigenvalue weighted by molar-refractivity contribution is -0.137. The van der Waals surface area contributed by atoms with Gasteiger partial charge in [-0.2, -0.15) is 18.3 Å². The van der Waals surface area contributed by atoms with Gasteiger partial charge in [0.15, 0.2) is 0 Å². The van der Waals surface area contributed by atoms with Gasteiger partial charge in [-0.25, -0.2) is 5.01 Å². The Kier molecular flexibility index (Phi) is 12.4. The molecular formula is C26H35BrClF3N6O2. The molecule has 3 N–H and O–H groups in total. The molecule has 1 fully saturated rings. The van der Waals surface area contributed by atoms with Crippen LogP contribution in [0.25, 0.3) is 0 Å². The van der Waals surface area contributed by atoms with Gasteiger partial charge in [-0.1, -0.05) is 48.3 Å². The van der Waals surface area contributed by atoms with Gasteiger partial charge in [-0.3, -0.25) is 14.6 Å². The van der Waals surface area contributed by atoms with E-state index in [1.54, 1.807) is 0 Å². The van der Waals surface area contributed by atoms with Crippen molar-refractivity contribution in [3.05, 3.63) is 40.1 Å². The molecule has 0 bridgehead atoms. The number of benzene rings is 1. The van der Waals surface area contributed by atoms with Gasteiger partial charge in [0, 0.05) is 23.4 Å². The first kappa shape index (κ1) is 32.8. The number of carbonyl (C=O) groups is 2. The van der Waals surface area contributed by atoms with Crippen LogP contribution >= 0.6 is 27.5 Å². The fraction of sp³-hybridized carbons (Fsp3) is 0.538. The maximum Gasteiger partial charge on any atom is 0.416 e. The number of carbonyl (C=O) groups excluding carboxylic acids is 2. The smallest absolute Gasteiger partial charge is 0.349 e. The van der Waals surface area contributed by atoms with E-state index in [9.17, 15) is 22.8 Å². The van der Waals surface area contributed by atoms with Crippen LogP contribution in [0.4, 0.5) is 18.9 Å². The maximum atomic E-state index is 13.8. The number of amides is 2. The van der Waals surface area contributed by atoms with Crippen LogP contribution in [-0.4, -0.2) is 55.0 Å². The molecular weight excluding hydrogens is 601 g/mol. The Labute approximate surface area is 240 Å². The Morgan fingerprint density at radius 3 is 2.64 bits per heavy atom. The number of nitrogens with one attached hydrogen (secondary N) is 3. The molecule has 2 unspecified atom stereocenters. The third kappa shape index (κ3) is 8.28. The van der Waals surface area contributed by atoms with Crippen LogP contribution in [0.1, 0.15) is 52.0 Å². The summed E-state index contributed by atoms with van der Waals surface area (Å²) in [5, 5.41) is 13.5. The van der Waals surface area contributed by atoms with Crippen LogP contribution in [0.5, 0.6) is 0 Å². The third-order valence-corrected chi connectivity index (χ3v) is 7.24. The fourth-order valence-electron chi connectivity index (χ4n) is 5.05. The second-order valence-electron chi connectivity index (χ2n) is 9.10. The first-order valence-electron chi connectivity index (χ1n) is 12.7. The SMILES string of the molecule is C=NN(CC(=O)Nc1ccc(C(F)(F)F)cc1Cl)C(=O)C1=C(N/C=N/CBr)C(C)CC12CCCNCC2.CC. The van der Waals surface area contributed by atoms with Crippen molar-refractivity contribution in [1.29, 1.82) is 0 Å². The molecule has 0 radical (unpaired) electrons. The summed E-state index contributed by atoms with van der Waals surface area (Å²) >= 11 is 9.19. The molecule has 216 valence electrons. The van der Waals surface area contributed by atoms with Crippen molar-refractivity contribution in [3.8, 4) is 0 Å². The third-order valence-electron chi connectivity index (χ3n) is 6.64. The first-order valence-corrected chi connectivity index (χ1v) is 14.2. The molecule has 39 heavy (non-hydrogen) atoms. The van der Waals surface area contributed by atoms with Gasteiger partial charge < -0.3 is 16.0 Å². The van der Waals surface area contributed by atoms with Crippen LogP contribution < -0.4 is 16.0 Å². The molecule has 2 atom stereocenters. The van der Waals surface area contributed by atoms with Crippen molar-refractivity contribution < 1.29 is 22.8 Å². The number of hydrazone groups is 1. The lowest BCUT2D eigenvalue weighted by atomic mass is 9.73. The van der Waals surface area contributed by atoms with E-state index in [4.69, 9.17) is 11.6 Å². The summed E-state index contributed by atoms with van der Waals surface area (Å²) in [5.41, 5.74) is 0.334. The monoisotopic (exact) mass is 634 g/mol. The number of nitrogens with zero attached hydrogens (tertiary/aromatic N) is 3. The lowest BCUT2D eigenvalue weighted by Crippen LogP contribution is -2.39. The zero-order chi connectivity index (χ0) is 29.2. The van der Waals surface area contributed by atoms with Crippen LogP contribution in [0.3, 0.4) is 0 Å². The average molecular weight is 636 g/mol. The lowest BCUT2D eigenvalue weighted by Gasteiger charge is -2.32. The van der Waals surface area contributed by atoms with Crippen LogP contribution in [0.15, 0.2) is 39.6 Å². The molecule has 1 aromatic rings. The van der Waals surface area contributed by atoms with Gasteiger partial charge in [0.25, 0.3) is 5.91 Å². The minimum Gasteiger partial charge on any atom is -0.349 e. The Morgan fingerprint density at radius 1 is 1.31 bits per heavy atom. The predicted octanol–water partition coefficient (Wildman–Crippen LogP) is 5.79. The maximum absolute atomic E-state index is 13.8. The summed E-state index contributed by atoms with van der Waals surface area (Å²) in [6, 6.07) is 2.61. The second kappa shape index (κ2) is 14.8. The van der Waals surface area contributed by atoms with E-state index >= 15 is 0 Å². The van der Waals surface area contributed by atoms with Crippen LogP contribution in [-0.2, 0) is 15.8 Å². The van der Waals surface area contributed by atoms with E-state index in [0.717, 1.165) is 67.7 Å². The fourth-order valence-corrected chi connectivity index (χ4v) is 5.42. The summed E-state index contributed by atoms with van der Waals surface area (Å²) < 4.78 is 38.8. The van der Waals surface area contributed by atoms with Crippen molar-refractivity contribution in [2.75, 3.05) is 30.4 Å². The molecule has 1 aromatic carbocycles. The second-order valence-corrected chi connectivity index (χ2v) is 10.0. The minimum absolute atomic E-state index is 0.00974. The molecule has 3 rings (SSSR count). The molecule has 2 aliphatic rings. The highest BCUT2D eigenvalue weighted by Crippen LogP contribution is 2.51. The van der Waals surface area contributed by atoms with Gasteiger partial charge in [0.05, 0.1) is 28.1 Å². The average Bonchev–Trinajstić information content (AvgIpc) is 3.01. The number of aliphatic imine (C=N–C) groups is 1. The Hall–Kier alpha value is -2.44. The number of alkyl halides is 4. The van der Waals surface area contributed by atoms with Crippen molar-refractivity contribution in [1.82, 2.24) is 15.6 Å². The zero-order valence-corrected chi connectivity index (χ0v) is 24.6. The van der Waals surface area contributed by atoms with Gasteiger partial charge in [-0.05, 0) is 62.9 Å². The number of hydrogen-bond donors (Lipinski definition) is 3. The topological polar surface area (TPSA) is 98.2 Å². The summed E-state index contributed by atoms with van der Waals surface area (Å²) in [6.07, 6.45) is 0.164. The standard InChI is InChI=1S/C24H29BrClF3N6O2.C2H6/c1-15-11-23(6-3-8-31-9-7-23)20(21(15)33-14-32-13-25)22(37)35(30-2)12-19(36)34-18-5-4-16(10-17(18)26)24(27,28)29;1-2/h4-5,10,14-15,31H,2-3,6-9,11-13H2,1H3,(H,32,33)(H,34,36);1-2H3. The van der Waals surface area contributed by atoms with E-state index in [2.05, 4.69) is 48.7 Å². The van der Waals surface area contributed by atoms with Gasteiger partial charge in [0.1, 0.15) is 6.54 Å². The summed E-state index contributed by atoms with van der Waals surface area (Å²) in [6.45, 7) is 10.6. The Morgan fingerprint density at radius 2 is 2.03 bits per heavy atom. The molecule has 1 spiro atoms. The Bertz CT molecular complexity index is 1090. The van der Waals surface area contributed by atoms with E-state index in [0.29, 0.717) is 11.0 Å². The summed E-state index contributed by atoms with van der Waals surface area (Å²) in [4.78, 5) is 30.8. The van der Waals surface area contributed by atoms with Gasteiger partial charge >= 0.3 is 6.18 Å². The van der Waals surface area contributed by atoms with Crippen molar-refractivity contribution in [2.24, 2.45) is 21.4 Å². The number of hydrogen-bond acceptors (Lipinski definition) is 5. The predicted molar refractivity (Wildman–Crippen MR) is 153 cm³/mol. The molecule has 13 heteroatoms. The minimum atomic E-state index is -4.57. The molecule has 0 aromatic heterocycles. The first-order chi connectivity index (χ1) is 18.5. The summed E-state index contributed by atoms with van der Waals surface area (Å²) in [7, 11) is 0. The van der Waals surface area contributed by atoms with Gasteiger partial charge in [-0.15, -0.1) is 0 Å². The Balaban J connectivity index is 0.00000260. The van der Waals surface area contributed by atoms with Crippen LogP contribution in [0, 0.1) is 11.3 Å². The van der Waals surface area contributed by atoms with Gasteiger partial charge in [0.2, 0.25) is 5.91 Å². The number of rotatable bonds is 8.